The van der Waals surface area contributed by atoms with Gasteiger partial charge in [-0.1, -0.05) is 11.6 Å². The fourth-order valence-corrected chi connectivity index (χ4v) is 3.93. The van der Waals surface area contributed by atoms with Crippen molar-refractivity contribution < 1.29 is 8.42 Å². The number of sulfonamides is 1. The maximum atomic E-state index is 12.5. The molecule has 0 aromatic carbocycles. The van der Waals surface area contributed by atoms with Crippen LogP contribution in [0.2, 0.25) is 5.02 Å². The lowest BCUT2D eigenvalue weighted by molar-refractivity contribution is 0.154. The molecule has 20 heavy (non-hydrogen) atoms. The van der Waals surface area contributed by atoms with Gasteiger partial charge in [0.1, 0.15) is 9.92 Å². The highest BCUT2D eigenvalue weighted by atomic mass is 35.5. The number of nitrogens with one attached hydrogen (secondary N) is 1. The van der Waals surface area contributed by atoms with Crippen LogP contribution in [0.3, 0.4) is 0 Å². The number of nitrogens with zero attached hydrogens (tertiary/aromatic N) is 2. The van der Waals surface area contributed by atoms with Crippen LogP contribution in [0, 0.1) is 0 Å². The van der Waals surface area contributed by atoms with Crippen LogP contribution < -0.4 is 5.43 Å². The van der Waals surface area contributed by atoms with E-state index in [-0.39, 0.29) is 9.92 Å². The quantitative estimate of drug-likeness (QED) is 0.892. The third-order valence-electron chi connectivity index (χ3n) is 3.49. The molecule has 2 rings (SSSR count). The standard InChI is InChI=1S/C12H18ClN3O3S/c1-9(2)15-3-5-16(6-4-15)20(18,19)11-8-14-7-10(13)12(11)17/h7-9H,3-6H2,1-2H3,(H,14,17). The lowest BCUT2D eigenvalue weighted by Crippen LogP contribution is -2.51. The molecule has 0 atom stereocenters. The minimum atomic E-state index is -3.79. The first-order valence-corrected chi connectivity index (χ1v) is 8.26. The van der Waals surface area contributed by atoms with Crippen molar-refractivity contribution in [3.05, 3.63) is 27.6 Å². The summed E-state index contributed by atoms with van der Waals surface area (Å²) in [5.74, 6) is 0. The number of aromatic nitrogens is 1. The smallest absolute Gasteiger partial charge is 0.248 e. The second-order valence-corrected chi connectivity index (χ2v) is 7.34. The van der Waals surface area contributed by atoms with Gasteiger partial charge in [-0.2, -0.15) is 4.31 Å². The number of hydrogen-bond donors (Lipinski definition) is 1. The first kappa shape index (κ1) is 15.5. The molecule has 1 aliphatic rings. The van der Waals surface area contributed by atoms with Crippen LogP contribution in [0.15, 0.2) is 22.1 Å². The topological polar surface area (TPSA) is 73.5 Å². The average Bonchev–Trinajstić information content (AvgIpc) is 2.41. The maximum Gasteiger partial charge on any atom is 0.248 e. The molecule has 1 aliphatic heterocycles. The maximum absolute atomic E-state index is 12.5. The van der Waals surface area contributed by atoms with E-state index in [0.29, 0.717) is 32.2 Å². The lowest BCUT2D eigenvalue weighted by Gasteiger charge is -2.36. The summed E-state index contributed by atoms with van der Waals surface area (Å²) in [5, 5.41) is -0.119. The molecular formula is C12H18ClN3O3S. The number of aromatic amines is 1. The van der Waals surface area contributed by atoms with Crippen molar-refractivity contribution >= 4 is 21.6 Å². The van der Waals surface area contributed by atoms with Gasteiger partial charge in [-0.3, -0.25) is 9.69 Å². The molecule has 0 bridgehead atoms. The van der Waals surface area contributed by atoms with Gasteiger partial charge in [0.25, 0.3) is 0 Å². The van der Waals surface area contributed by atoms with Gasteiger partial charge in [-0.05, 0) is 13.8 Å². The second kappa shape index (κ2) is 5.85. The van der Waals surface area contributed by atoms with E-state index in [9.17, 15) is 13.2 Å². The van der Waals surface area contributed by atoms with Gasteiger partial charge in [-0.15, -0.1) is 0 Å². The zero-order valence-electron chi connectivity index (χ0n) is 11.5. The number of pyridine rings is 1. The van der Waals surface area contributed by atoms with E-state index in [1.807, 2.05) is 0 Å². The van der Waals surface area contributed by atoms with Gasteiger partial charge in [0.05, 0.1) is 0 Å². The average molecular weight is 320 g/mol. The van der Waals surface area contributed by atoms with E-state index in [0.717, 1.165) is 0 Å². The Hall–Kier alpha value is -0.890. The number of hydrogen-bond acceptors (Lipinski definition) is 4. The number of H-pyrrole nitrogens is 1. The summed E-state index contributed by atoms with van der Waals surface area (Å²) in [6, 6.07) is 0.384. The van der Waals surface area contributed by atoms with Crippen molar-refractivity contribution in [1.82, 2.24) is 14.2 Å². The molecule has 1 fully saturated rings. The summed E-state index contributed by atoms with van der Waals surface area (Å²) < 4.78 is 26.3. The molecule has 6 nitrogen and oxygen atoms in total. The van der Waals surface area contributed by atoms with Gasteiger partial charge in [0.15, 0.2) is 0 Å². The Morgan fingerprint density at radius 3 is 2.35 bits per heavy atom. The van der Waals surface area contributed by atoms with Crippen LogP contribution in [0.5, 0.6) is 0 Å². The fraction of sp³-hybridized carbons (Fsp3) is 0.583. The van der Waals surface area contributed by atoms with Gasteiger partial charge in [-0.25, -0.2) is 8.42 Å². The summed E-state index contributed by atoms with van der Waals surface area (Å²) in [5.41, 5.74) is -0.656. The zero-order valence-corrected chi connectivity index (χ0v) is 13.0. The predicted octanol–water partition coefficient (Wildman–Crippen LogP) is 0.743. The fourth-order valence-electron chi connectivity index (χ4n) is 2.23. The Morgan fingerprint density at radius 2 is 1.80 bits per heavy atom. The van der Waals surface area contributed by atoms with Crippen molar-refractivity contribution in [2.75, 3.05) is 26.2 Å². The van der Waals surface area contributed by atoms with Gasteiger partial charge >= 0.3 is 0 Å². The Bertz CT molecular complexity index is 634. The highest BCUT2D eigenvalue weighted by Gasteiger charge is 2.31. The number of rotatable bonds is 3. The third-order valence-corrected chi connectivity index (χ3v) is 5.67. The second-order valence-electron chi connectivity index (χ2n) is 5.03. The molecule has 112 valence electrons. The largest absolute Gasteiger partial charge is 0.365 e. The zero-order chi connectivity index (χ0) is 14.9. The molecule has 0 aliphatic carbocycles. The Kier molecular flexibility index (Phi) is 4.53. The Balaban J connectivity index is 2.25. The van der Waals surface area contributed by atoms with E-state index in [4.69, 9.17) is 11.6 Å². The monoisotopic (exact) mass is 319 g/mol. The van der Waals surface area contributed by atoms with Crippen LogP contribution >= 0.6 is 11.6 Å². The minimum absolute atomic E-state index is 0.119. The molecule has 0 saturated carbocycles. The summed E-state index contributed by atoms with van der Waals surface area (Å²) in [7, 11) is -3.79. The molecule has 1 N–H and O–H groups in total. The van der Waals surface area contributed by atoms with Crippen LogP contribution in [-0.2, 0) is 10.0 Å². The molecule has 0 unspecified atom stereocenters. The molecule has 2 heterocycles. The van der Waals surface area contributed by atoms with E-state index in [1.54, 1.807) is 0 Å². The van der Waals surface area contributed by atoms with Crippen LogP contribution in [-0.4, -0.2) is 54.8 Å². The highest BCUT2D eigenvalue weighted by Crippen LogP contribution is 2.16. The molecule has 1 aromatic heterocycles. The highest BCUT2D eigenvalue weighted by molar-refractivity contribution is 7.89. The molecule has 1 saturated heterocycles. The Morgan fingerprint density at radius 1 is 1.20 bits per heavy atom. The van der Waals surface area contributed by atoms with Crippen molar-refractivity contribution in [1.29, 1.82) is 0 Å². The van der Waals surface area contributed by atoms with E-state index in [1.165, 1.54) is 16.7 Å². The van der Waals surface area contributed by atoms with Crippen molar-refractivity contribution in [2.24, 2.45) is 0 Å². The van der Waals surface area contributed by atoms with Crippen LogP contribution in [0.1, 0.15) is 13.8 Å². The summed E-state index contributed by atoms with van der Waals surface area (Å²) in [6.07, 6.45) is 2.47. The first-order valence-electron chi connectivity index (χ1n) is 6.45. The third kappa shape index (κ3) is 2.90. The summed E-state index contributed by atoms with van der Waals surface area (Å²) in [6.45, 7) is 6.24. The minimum Gasteiger partial charge on any atom is -0.365 e. The SMILES string of the molecule is CC(C)N1CCN(S(=O)(=O)c2c[nH]cc(Cl)c2=O)CC1. The molecule has 0 amide bonds. The first-order chi connectivity index (χ1) is 9.34. The van der Waals surface area contributed by atoms with Crippen molar-refractivity contribution in [3.63, 3.8) is 0 Å². The van der Waals surface area contributed by atoms with E-state index < -0.39 is 15.5 Å². The number of halogens is 1. The van der Waals surface area contributed by atoms with Crippen LogP contribution in [0.4, 0.5) is 0 Å². The predicted molar refractivity (Wildman–Crippen MR) is 77.5 cm³/mol. The molecule has 0 spiro atoms. The molecule has 8 heteroatoms. The van der Waals surface area contributed by atoms with Gasteiger partial charge < -0.3 is 4.98 Å². The van der Waals surface area contributed by atoms with Crippen molar-refractivity contribution in [2.45, 2.75) is 24.8 Å². The molecule has 1 aromatic rings. The van der Waals surface area contributed by atoms with Gasteiger partial charge in [0.2, 0.25) is 15.5 Å². The van der Waals surface area contributed by atoms with Crippen LogP contribution in [0.25, 0.3) is 0 Å². The van der Waals surface area contributed by atoms with E-state index in [2.05, 4.69) is 23.7 Å². The lowest BCUT2D eigenvalue weighted by atomic mass is 10.3. The van der Waals surface area contributed by atoms with Gasteiger partial charge in [0, 0.05) is 44.6 Å². The van der Waals surface area contributed by atoms with Crippen molar-refractivity contribution in [3.8, 4) is 0 Å². The molecular weight excluding hydrogens is 302 g/mol. The van der Waals surface area contributed by atoms with E-state index >= 15 is 0 Å². The molecule has 0 radical (unpaired) electrons. The summed E-state index contributed by atoms with van der Waals surface area (Å²) >= 11 is 5.69. The summed E-state index contributed by atoms with van der Waals surface area (Å²) in [4.78, 5) is 16.4. The number of piperazine rings is 1. The Labute approximate surface area is 123 Å². The normalized spacial score (nSPS) is 18.6.